The number of carbonyl (C=O) groups excluding carboxylic acids is 1. The zero-order chi connectivity index (χ0) is 14.3. The SMILES string of the molecule is CCOC(=O)C(C)(CCCSc1nc(C)ns1)NC. The molecular formula is C12H21N3O2S2. The van der Waals surface area contributed by atoms with Crippen LogP contribution in [0.1, 0.15) is 32.5 Å². The Balaban J connectivity index is 2.35. The van der Waals surface area contributed by atoms with E-state index in [0.717, 1.165) is 28.8 Å². The zero-order valence-electron chi connectivity index (χ0n) is 11.9. The molecule has 0 saturated heterocycles. The van der Waals surface area contributed by atoms with Crippen LogP contribution in [0.5, 0.6) is 0 Å². The number of thioether (sulfide) groups is 1. The van der Waals surface area contributed by atoms with Crippen LogP contribution in [0, 0.1) is 6.92 Å². The molecule has 108 valence electrons. The normalized spacial score (nSPS) is 14.1. The number of carbonyl (C=O) groups is 1. The van der Waals surface area contributed by atoms with Crippen molar-refractivity contribution in [2.24, 2.45) is 0 Å². The number of nitrogens with zero attached hydrogens (tertiary/aromatic N) is 2. The van der Waals surface area contributed by atoms with Crippen molar-refractivity contribution in [1.82, 2.24) is 14.7 Å². The van der Waals surface area contributed by atoms with Gasteiger partial charge in [0.25, 0.3) is 0 Å². The Hall–Kier alpha value is -0.660. The van der Waals surface area contributed by atoms with Crippen molar-refractivity contribution in [1.29, 1.82) is 0 Å². The van der Waals surface area contributed by atoms with Crippen molar-refractivity contribution in [2.45, 2.75) is 43.5 Å². The number of hydrogen-bond donors (Lipinski definition) is 1. The van der Waals surface area contributed by atoms with Crippen LogP contribution >= 0.6 is 23.3 Å². The van der Waals surface area contributed by atoms with Crippen molar-refractivity contribution in [3.05, 3.63) is 5.82 Å². The lowest BCUT2D eigenvalue weighted by Crippen LogP contribution is -2.48. The molecule has 1 aromatic heterocycles. The van der Waals surface area contributed by atoms with Crippen LogP contribution in [0.2, 0.25) is 0 Å². The molecule has 0 bridgehead atoms. The molecule has 1 N–H and O–H groups in total. The number of hydrogen-bond acceptors (Lipinski definition) is 7. The Kier molecular flexibility index (Phi) is 6.74. The van der Waals surface area contributed by atoms with E-state index in [0.29, 0.717) is 6.61 Å². The maximum atomic E-state index is 11.9. The monoisotopic (exact) mass is 303 g/mol. The summed E-state index contributed by atoms with van der Waals surface area (Å²) in [6, 6.07) is 0. The zero-order valence-corrected chi connectivity index (χ0v) is 13.5. The van der Waals surface area contributed by atoms with Crippen LogP contribution in [-0.4, -0.2) is 40.3 Å². The van der Waals surface area contributed by atoms with Crippen molar-refractivity contribution in [2.75, 3.05) is 19.4 Å². The summed E-state index contributed by atoms with van der Waals surface area (Å²) in [6.45, 7) is 6.00. The predicted octanol–water partition coefficient (Wildman–Crippen LogP) is 2.26. The average Bonchev–Trinajstić information content (AvgIpc) is 2.80. The lowest BCUT2D eigenvalue weighted by molar-refractivity contribution is -0.150. The van der Waals surface area contributed by atoms with Crippen molar-refractivity contribution >= 4 is 29.3 Å². The van der Waals surface area contributed by atoms with Gasteiger partial charge in [0.2, 0.25) is 0 Å². The first-order chi connectivity index (χ1) is 9.01. The molecule has 7 heteroatoms. The maximum absolute atomic E-state index is 11.9. The molecule has 1 atom stereocenters. The van der Waals surface area contributed by atoms with E-state index in [1.165, 1.54) is 11.5 Å². The third-order valence-corrected chi connectivity index (χ3v) is 4.84. The molecule has 1 rings (SSSR count). The van der Waals surface area contributed by atoms with E-state index >= 15 is 0 Å². The Morgan fingerprint density at radius 2 is 2.32 bits per heavy atom. The van der Waals surface area contributed by atoms with Crippen molar-refractivity contribution < 1.29 is 9.53 Å². The minimum absolute atomic E-state index is 0.186. The molecule has 0 spiro atoms. The molecule has 0 radical (unpaired) electrons. The number of esters is 1. The second kappa shape index (κ2) is 7.81. The van der Waals surface area contributed by atoms with Crippen LogP contribution in [0.4, 0.5) is 0 Å². The Bertz CT molecular complexity index is 411. The molecule has 0 amide bonds. The maximum Gasteiger partial charge on any atom is 0.326 e. The average molecular weight is 303 g/mol. The Labute approximate surface area is 122 Å². The highest BCUT2D eigenvalue weighted by Gasteiger charge is 2.32. The fourth-order valence-electron chi connectivity index (χ4n) is 1.54. The number of aryl methyl sites for hydroxylation is 1. The molecule has 1 unspecified atom stereocenters. The highest BCUT2D eigenvalue weighted by molar-refractivity contribution is 8.00. The predicted molar refractivity (Wildman–Crippen MR) is 78.7 cm³/mol. The highest BCUT2D eigenvalue weighted by Crippen LogP contribution is 2.23. The fraction of sp³-hybridized carbons (Fsp3) is 0.750. The molecule has 0 aromatic carbocycles. The minimum Gasteiger partial charge on any atom is -0.465 e. The van der Waals surface area contributed by atoms with Crippen LogP contribution in [0.25, 0.3) is 0 Å². The summed E-state index contributed by atoms with van der Waals surface area (Å²) in [5.41, 5.74) is -0.604. The van der Waals surface area contributed by atoms with Gasteiger partial charge in [-0.15, -0.1) is 0 Å². The van der Waals surface area contributed by atoms with E-state index < -0.39 is 5.54 Å². The molecular weight excluding hydrogens is 282 g/mol. The van der Waals surface area contributed by atoms with Crippen LogP contribution < -0.4 is 5.32 Å². The second-order valence-corrected chi connectivity index (χ2v) is 6.46. The first-order valence-corrected chi connectivity index (χ1v) is 8.07. The Morgan fingerprint density at radius 3 is 2.84 bits per heavy atom. The van der Waals surface area contributed by atoms with Gasteiger partial charge >= 0.3 is 5.97 Å². The van der Waals surface area contributed by atoms with E-state index in [9.17, 15) is 4.79 Å². The van der Waals surface area contributed by atoms with Gasteiger partial charge in [0.05, 0.1) is 6.61 Å². The number of nitrogens with one attached hydrogen (secondary N) is 1. The Morgan fingerprint density at radius 1 is 1.58 bits per heavy atom. The van der Waals surface area contributed by atoms with E-state index in [1.54, 1.807) is 18.8 Å². The van der Waals surface area contributed by atoms with Gasteiger partial charge in [0, 0.05) is 5.75 Å². The van der Waals surface area contributed by atoms with E-state index in [4.69, 9.17) is 4.74 Å². The first kappa shape index (κ1) is 16.4. The van der Waals surface area contributed by atoms with Gasteiger partial charge < -0.3 is 10.1 Å². The highest BCUT2D eigenvalue weighted by atomic mass is 32.2. The minimum atomic E-state index is -0.604. The quantitative estimate of drug-likeness (QED) is 0.451. The van der Waals surface area contributed by atoms with Gasteiger partial charge in [-0.25, -0.2) is 4.98 Å². The van der Waals surface area contributed by atoms with Crippen molar-refractivity contribution in [3.63, 3.8) is 0 Å². The topological polar surface area (TPSA) is 64.1 Å². The summed E-state index contributed by atoms with van der Waals surface area (Å²) in [4.78, 5) is 16.1. The second-order valence-electron chi connectivity index (χ2n) is 4.36. The summed E-state index contributed by atoms with van der Waals surface area (Å²) < 4.78 is 10.2. The van der Waals surface area contributed by atoms with Gasteiger partial charge in [-0.05, 0) is 52.2 Å². The molecule has 0 fully saturated rings. The third kappa shape index (κ3) is 5.08. The largest absolute Gasteiger partial charge is 0.465 e. The van der Waals surface area contributed by atoms with Crippen LogP contribution in [0.3, 0.4) is 0 Å². The van der Waals surface area contributed by atoms with E-state index in [2.05, 4.69) is 14.7 Å². The summed E-state index contributed by atoms with van der Waals surface area (Å²) in [6.07, 6.45) is 1.66. The molecule has 1 aromatic rings. The molecule has 0 aliphatic heterocycles. The van der Waals surface area contributed by atoms with Gasteiger partial charge in [-0.2, -0.15) is 4.37 Å². The van der Waals surface area contributed by atoms with Gasteiger partial charge in [-0.1, -0.05) is 11.8 Å². The molecule has 0 aliphatic rings. The molecule has 0 saturated carbocycles. The summed E-state index contributed by atoms with van der Waals surface area (Å²) >= 11 is 3.10. The molecule has 0 aliphatic carbocycles. The lowest BCUT2D eigenvalue weighted by Gasteiger charge is -2.26. The summed E-state index contributed by atoms with van der Waals surface area (Å²) in [5, 5.41) is 3.06. The van der Waals surface area contributed by atoms with Gasteiger partial charge in [0.15, 0.2) is 4.34 Å². The fourth-order valence-corrected chi connectivity index (χ4v) is 3.20. The number of ether oxygens (including phenoxy) is 1. The number of aromatic nitrogens is 2. The lowest BCUT2D eigenvalue weighted by atomic mass is 9.97. The molecule has 5 nitrogen and oxygen atoms in total. The van der Waals surface area contributed by atoms with E-state index in [1.807, 2.05) is 20.8 Å². The number of likely N-dealkylation sites (N-methyl/N-ethyl adjacent to an activating group) is 1. The van der Waals surface area contributed by atoms with Crippen LogP contribution in [-0.2, 0) is 9.53 Å². The van der Waals surface area contributed by atoms with Crippen molar-refractivity contribution in [3.8, 4) is 0 Å². The van der Waals surface area contributed by atoms with E-state index in [-0.39, 0.29) is 5.97 Å². The standard InChI is InChI=1S/C12H21N3O2S2/c1-5-17-10(16)12(3,13-4)7-6-8-18-11-14-9(2)15-19-11/h13H,5-8H2,1-4H3. The molecule has 1 heterocycles. The number of rotatable bonds is 8. The third-order valence-electron chi connectivity index (χ3n) is 2.83. The van der Waals surface area contributed by atoms with Gasteiger partial charge in [-0.3, -0.25) is 4.79 Å². The summed E-state index contributed by atoms with van der Waals surface area (Å²) in [7, 11) is 1.79. The summed E-state index contributed by atoms with van der Waals surface area (Å²) in [5.74, 6) is 1.55. The molecule has 19 heavy (non-hydrogen) atoms. The first-order valence-electron chi connectivity index (χ1n) is 6.31. The van der Waals surface area contributed by atoms with Gasteiger partial charge in [0.1, 0.15) is 11.4 Å². The smallest absolute Gasteiger partial charge is 0.326 e. The van der Waals surface area contributed by atoms with Crippen LogP contribution in [0.15, 0.2) is 4.34 Å².